The van der Waals surface area contributed by atoms with Crippen molar-refractivity contribution in [1.82, 2.24) is 0 Å². The Kier molecular flexibility index (Phi) is 6.37. The van der Waals surface area contributed by atoms with Crippen LogP contribution in [0.4, 0.5) is 10.7 Å². The number of amides is 2. The molecule has 0 fully saturated rings. The highest BCUT2D eigenvalue weighted by Gasteiger charge is 2.28. The number of thiophene rings is 1. The number of nitro benzene ring substituents is 1. The van der Waals surface area contributed by atoms with Gasteiger partial charge in [0.25, 0.3) is 17.5 Å². The number of nitrogens with one attached hydrogen (secondary N) is 1. The van der Waals surface area contributed by atoms with E-state index in [1.807, 2.05) is 0 Å². The van der Waals surface area contributed by atoms with Crippen LogP contribution in [-0.2, 0) is 4.74 Å². The molecule has 3 N–H and O–H groups in total. The molecule has 1 aromatic heterocycles. The molecule has 9 nitrogen and oxygen atoms in total. The molecule has 2 rings (SSSR count). The number of nitrogens with zero attached hydrogens (tertiary/aromatic N) is 1. The van der Waals surface area contributed by atoms with E-state index in [2.05, 4.69) is 5.32 Å². The average Bonchev–Trinajstić information content (AvgIpc) is 2.90. The third-order valence-electron chi connectivity index (χ3n) is 3.55. The van der Waals surface area contributed by atoms with Gasteiger partial charge in [-0.25, -0.2) is 4.79 Å². The molecule has 0 bridgehead atoms. The summed E-state index contributed by atoms with van der Waals surface area (Å²) in [6.07, 6.45) is -0.391. The molecule has 0 aliphatic carbocycles. The van der Waals surface area contributed by atoms with Crippen molar-refractivity contribution < 1.29 is 24.0 Å². The quantitative estimate of drug-likeness (QED) is 0.411. The van der Waals surface area contributed by atoms with E-state index >= 15 is 0 Å². The summed E-state index contributed by atoms with van der Waals surface area (Å²) in [7, 11) is 0. The highest BCUT2D eigenvalue weighted by Crippen LogP contribution is 2.34. The van der Waals surface area contributed by atoms with E-state index in [1.165, 1.54) is 13.0 Å². The van der Waals surface area contributed by atoms with Crippen molar-refractivity contribution in [2.24, 2.45) is 5.73 Å². The summed E-state index contributed by atoms with van der Waals surface area (Å²) in [5, 5.41) is 13.7. The SMILES string of the molecule is Cc1c(C(=O)OC(C)C)sc(NC(=O)c2cc(Cl)ccc2[N+](=O)[O-])c1C(N)=O. The van der Waals surface area contributed by atoms with E-state index in [0.717, 1.165) is 23.5 Å². The molecule has 0 radical (unpaired) electrons. The van der Waals surface area contributed by atoms with Crippen molar-refractivity contribution in [2.75, 3.05) is 5.32 Å². The Hall–Kier alpha value is -2.98. The molecule has 0 unspecified atom stereocenters. The molecule has 0 atom stereocenters. The Morgan fingerprint density at radius 3 is 2.50 bits per heavy atom. The summed E-state index contributed by atoms with van der Waals surface area (Å²) in [6.45, 7) is 4.82. The predicted molar refractivity (Wildman–Crippen MR) is 104 cm³/mol. The Labute approximate surface area is 168 Å². The van der Waals surface area contributed by atoms with E-state index in [0.29, 0.717) is 0 Å². The Balaban J connectivity index is 2.48. The number of hydrogen-bond acceptors (Lipinski definition) is 7. The van der Waals surface area contributed by atoms with E-state index in [9.17, 15) is 24.5 Å². The van der Waals surface area contributed by atoms with Crippen LogP contribution in [0, 0.1) is 17.0 Å². The molecular formula is C17H16ClN3O6S. The van der Waals surface area contributed by atoms with Gasteiger partial charge in [0.15, 0.2) is 0 Å². The molecule has 28 heavy (non-hydrogen) atoms. The van der Waals surface area contributed by atoms with Crippen molar-refractivity contribution >= 4 is 51.4 Å². The fourth-order valence-electron chi connectivity index (χ4n) is 2.38. The molecule has 1 heterocycles. The molecule has 148 valence electrons. The van der Waals surface area contributed by atoms with Gasteiger partial charge in [-0.2, -0.15) is 0 Å². The predicted octanol–water partition coefficient (Wildman–Crippen LogP) is 3.53. The highest BCUT2D eigenvalue weighted by molar-refractivity contribution is 7.18. The third kappa shape index (κ3) is 4.46. The topological polar surface area (TPSA) is 142 Å². The van der Waals surface area contributed by atoms with Gasteiger partial charge in [-0.15, -0.1) is 11.3 Å². The molecule has 2 aromatic rings. The number of nitro groups is 1. The lowest BCUT2D eigenvalue weighted by Crippen LogP contribution is -2.18. The molecular weight excluding hydrogens is 410 g/mol. The van der Waals surface area contributed by atoms with Gasteiger partial charge in [0.05, 0.1) is 16.6 Å². The zero-order valence-electron chi connectivity index (χ0n) is 15.1. The lowest BCUT2D eigenvalue weighted by Gasteiger charge is -2.06. The normalized spacial score (nSPS) is 10.6. The number of anilines is 1. The first-order chi connectivity index (χ1) is 13.0. The highest BCUT2D eigenvalue weighted by atomic mass is 35.5. The monoisotopic (exact) mass is 425 g/mol. The zero-order valence-corrected chi connectivity index (χ0v) is 16.6. The first kappa shape index (κ1) is 21.3. The number of benzene rings is 1. The molecule has 1 aromatic carbocycles. The smallest absolute Gasteiger partial charge is 0.348 e. The average molecular weight is 426 g/mol. The number of nitrogens with two attached hydrogens (primary N) is 1. The maximum atomic E-state index is 12.6. The Morgan fingerprint density at radius 1 is 1.32 bits per heavy atom. The summed E-state index contributed by atoms with van der Waals surface area (Å²) in [5.41, 5.74) is 4.80. The van der Waals surface area contributed by atoms with Gasteiger partial charge >= 0.3 is 5.97 Å². The molecule has 0 spiro atoms. The summed E-state index contributed by atoms with van der Waals surface area (Å²) >= 11 is 6.63. The van der Waals surface area contributed by atoms with Crippen molar-refractivity contribution in [2.45, 2.75) is 26.9 Å². The summed E-state index contributed by atoms with van der Waals surface area (Å²) in [5.74, 6) is -2.41. The maximum absolute atomic E-state index is 12.6. The molecule has 0 aliphatic heterocycles. The molecule has 0 aliphatic rings. The van der Waals surface area contributed by atoms with Crippen molar-refractivity contribution in [3.05, 3.63) is 54.9 Å². The third-order valence-corrected chi connectivity index (χ3v) is 4.97. The Bertz CT molecular complexity index is 986. The maximum Gasteiger partial charge on any atom is 0.348 e. The van der Waals surface area contributed by atoms with Gasteiger partial charge in [0.1, 0.15) is 15.4 Å². The molecule has 0 saturated carbocycles. The van der Waals surface area contributed by atoms with Crippen LogP contribution >= 0.6 is 22.9 Å². The number of ether oxygens (including phenoxy) is 1. The van der Waals surface area contributed by atoms with Crippen LogP contribution < -0.4 is 11.1 Å². The summed E-state index contributed by atoms with van der Waals surface area (Å²) in [6, 6.07) is 3.51. The van der Waals surface area contributed by atoms with Gasteiger partial charge in [-0.05, 0) is 38.5 Å². The number of rotatable bonds is 6. The lowest BCUT2D eigenvalue weighted by molar-refractivity contribution is -0.385. The van der Waals surface area contributed by atoms with Crippen LogP contribution in [0.2, 0.25) is 5.02 Å². The van der Waals surface area contributed by atoms with Crippen LogP contribution in [0.25, 0.3) is 0 Å². The van der Waals surface area contributed by atoms with Crippen molar-refractivity contribution in [3.63, 3.8) is 0 Å². The minimum Gasteiger partial charge on any atom is -0.459 e. The van der Waals surface area contributed by atoms with Crippen LogP contribution in [0.15, 0.2) is 18.2 Å². The van der Waals surface area contributed by atoms with Gasteiger partial charge in [-0.3, -0.25) is 19.7 Å². The number of primary amides is 1. The zero-order chi connectivity index (χ0) is 21.2. The van der Waals surface area contributed by atoms with Gasteiger partial charge in [-0.1, -0.05) is 11.6 Å². The lowest BCUT2D eigenvalue weighted by atomic mass is 10.1. The number of halogens is 1. The largest absolute Gasteiger partial charge is 0.459 e. The van der Waals surface area contributed by atoms with Crippen LogP contribution in [0.5, 0.6) is 0 Å². The van der Waals surface area contributed by atoms with E-state index in [1.54, 1.807) is 13.8 Å². The van der Waals surface area contributed by atoms with Gasteiger partial charge < -0.3 is 15.8 Å². The van der Waals surface area contributed by atoms with Crippen LogP contribution in [0.1, 0.15) is 49.8 Å². The molecule has 0 saturated heterocycles. The van der Waals surface area contributed by atoms with Gasteiger partial charge in [0.2, 0.25) is 0 Å². The second kappa shape index (κ2) is 8.36. The van der Waals surface area contributed by atoms with Gasteiger partial charge in [0, 0.05) is 11.1 Å². The first-order valence-corrected chi connectivity index (χ1v) is 9.11. The fourth-order valence-corrected chi connectivity index (χ4v) is 3.64. The number of carbonyl (C=O) groups excluding carboxylic acids is 3. The molecule has 11 heteroatoms. The second-order valence-electron chi connectivity index (χ2n) is 5.95. The minimum atomic E-state index is -0.873. The minimum absolute atomic E-state index is 0.0139. The number of hydrogen-bond donors (Lipinski definition) is 2. The Morgan fingerprint density at radius 2 is 1.96 bits per heavy atom. The summed E-state index contributed by atoms with van der Waals surface area (Å²) in [4.78, 5) is 47.2. The van der Waals surface area contributed by atoms with Crippen molar-refractivity contribution in [1.29, 1.82) is 0 Å². The van der Waals surface area contributed by atoms with Crippen LogP contribution in [0.3, 0.4) is 0 Å². The van der Waals surface area contributed by atoms with Crippen LogP contribution in [-0.4, -0.2) is 28.8 Å². The van der Waals surface area contributed by atoms with E-state index in [4.69, 9.17) is 22.1 Å². The number of carbonyl (C=O) groups is 3. The summed E-state index contributed by atoms with van der Waals surface area (Å²) < 4.78 is 5.12. The number of esters is 1. The standard InChI is InChI=1S/C17H16ClN3O6S/c1-7(2)27-17(24)13-8(3)12(14(19)22)16(28-13)20-15(23)10-6-9(18)4-5-11(10)21(25)26/h4-7H,1-3H3,(H2,19,22)(H,20,23). The second-order valence-corrected chi connectivity index (χ2v) is 7.41. The molecule has 2 amide bonds. The van der Waals surface area contributed by atoms with Crippen molar-refractivity contribution in [3.8, 4) is 0 Å². The fraction of sp³-hybridized carbons (Fsp3) is 0.235. The van der Waals surface area contributed by atoms with E-state index < -0.39 is 34.5 Å². The first-order valence-electron chi connectivity index (χ1n) is 7.92. The van der Waals surface area contributed by atoms with E-state index in [-0.39, 0.29) is 31.6 Å².